The van der Waals surface area contributed by atoms with Crippen LogP contribution in [0.3, 0.4) is 0 Å². The monoisotopic (exact) mass is 416 g/mol. The summed E-state index contributed by atoms with van der Waals surface area (Å²) in [4.78, 5) is 31.3. The van der Waals surface area contributed by atoms with Crippen LogP contribution in [0.1, 0.15) is 17.7 Å². The van der Waals surface area contributed by atoms with E-state index in [4.69, 9.17) is 9.47 Å². The fraction of sp³-hybridized carbons (Fsp3) is 0.455. The molecule has 1 aliphatic heterocycles. The zero-order valence-electron chi connectivity index (χ0n) is 17.0. The molecule has 6 nitrogen and oxygen atoms in total. The van der Waals surface area contributed by atoms with E-state index in [1.807, 2.05) is 30.3 Å². The number of amides is 1. The summed E-state index contributed by atoms with van der Waals surface area (Å²) in [6.45, 7) is 2.30. The van der Waals surface area contributed by atoms with E-state index in [-0.39, 0.29) is 18.5 Å². The second-order valence-corrected chi connectivity index (χ2v) is 8.22. The van der Waals surface area contributed by atoms with Crippen LogP contribution in [0.4, 0.5) is 5.69 Å². The number of esters is 1. The summed E-state index contributed by atoms with van der Waals surface area (Å²) >= 11 is 1.76. The lowest BCUT2D eigenvalue weighted by molar-refractivity contribution is -0.151. The van der Waals surface area contributed by atoms with E-state index in [1.54, 1.807) is 16.2 Å². The molecule has 7 heteroatoms. The van der Waals surface area contributed by atoms with Crippen molar-refractivity contribution >= 4 is 28.9 Å². The molecule has 0 radical (unpaired) electrons. The van der Waals surface area contributed by atoms with E-state index in [0.29, 0.717) is 18.5 Å². The van der Waals surface area contributed by atoms with Crippen LogP contribution in [0.2, 0.25) is 0 Å². The number of benzene rings is 1. The number of anilines is 1. The molecule has 1 saturated heterocycles. The van der Waals surface area contributed by atoms with Gasteiger partial charge in [-0.25, -0.2) is 4.79 Å². The van der Waals surface area contributed by atoms with Crippen LogP contribution in [0.25, 0.3) is 0 Å². The van der Waals surface area contributed by atoms with Crippen LogP contribution < -0.4 is 4.90 Å². The first-order chi connectivity index (χ1) is 14.1. The number of methoxy groups -OCH3 is 2. The standard InChI is InChI=1S/C22H28N2O4S/c1-27-17-20(25)24(18-7-4-3-5-8-18)22(21(26)28-2)11-14-23(15-12-22)13-10-19-9-6-16-29-19/h3-9,16H,10-15,17H2,1-2H3. The largest absolute Gasteiger partial charge is 0.467 e. The van der Waals surface area contributed by atoms with E-state index in [1.165, 1.54) is 19.1 Å². The highest BCUT2D eigenvalue weighted by atomic mass is 32.1. The molecule has 2 heterocycles. The van der Waals surface area contributed by atoms with E-state index in [9.17, 15) is 9.59 Å². The number of para-hydroxylation sites is 1. The summed E-state index contributed by atoms with van der Waals surface area (Å²) in [5.74, 6) is -0.611. The lowest BCUT2D eigenvalue weighted by Gasteiger charge is -2.46. The first-order valence-electron chi connectivity index (χ1n) is 9.81. The molecular weight excluding hydrogens is 388 g/mol. The smallest absolute Gasteiger partial charge is 0.332 e. The van der Waals surface area contributed by atoms with Crippen molar-refractivity contribution in [3.05, 3.63) is 52.7 Å². The molecule has 1 aliphatic rings. The lowest BCUT2D eigenvalue weighted by Crippen LogP contribution is -2.63. The maximum absolute atomic E-state index is 13.0. The van der Waals surface area contributed by atoms with Gasteiger partial charge in [-0.05, 0) is 42.8 Å². The average Bonchev–Trinajstić information content (AvgIpc) is 3.27. The number of thiophene rings is 1. The fourth-order valence-electron chi connectivity index (χ4n) is 3.97. The molecular formula is C22H28N2O4S. The predicted molar refractivity (Wildman–Crippen MR) is 114 cm³/mol. The van der Waals surface area contributed by atoms with E-state index >= 15 is 0 Å². The van der Waals surface area contributed by atoms with Gasteiger partial charge in [-0.3, -0.25) is 9.69 Å². The van der Waals surface area contributed by atoms with Crippen molar-refractivity contribution in [1.82, 2.24) is 4.90 Å². The predicted octanol–water partition coefficient (Wildman–Crippen LogP) is 2.98. The zero-order chi connectivity index (χ0) is 20.7. The minimum Gasteiger partial charge on any atom is -0.467 e. The van der Waals surface area contributed by atoms with Gasteiger partial charge in [-0.15, -0.1) is 11.3 Å². The van der Waals surface area contributed by atoms with Gasteiger partial charge in [-0.2, -0.15) is 0 Å². The maximum atomic E-state index is 13.0. The van der Waals surface area contributed by atoms with E-state index in [2.05, 4.69) is 22.4 Å². The van der Waals surface area contributed by atoms with Crippen molar-refractivity contribution in [2.24, 2.45) is 0 Å². The van der Waals surface area contributed by atoms with Gasteiger partial charge in [0.1, 0.15) is 12.1 Å². The molecule has 1 amide bonds. The number of ether oxygens (including phenoxy) is 2. The average molecular weight is 417 g/mol. The molecule has 0 aliphatic carbocycles. The summed E-state index contributed by atoms with van der Waals surface area (Å²) in [5.41, 5.74) is -0.336. The normalized spacial score (nSPS) is 16.3. The number of rotatable bonds is 8. The highest BCUT2D eigenvalue weighted by molar-refractivity contribution is 7.09. The Kier molecular flexibility index (Phi) is 7.41. The minimum absolute atomic E-state index is 0.0876. The van der Waals surface area contributed by atoms with Crippen molar-refractivity contribution in [3.8, 4) is 0 Å². The van der Waals surface area contributed by atoms with Crippen LogP contribution in [0.5, 0.6) is 0 Å². The number of piperidine rings is 1. The Morgan fingerprint density at radius 2 is 1.83 bits per heavy atom. The van der Waals surface area contributed by atoms with Crippen LogP contribution in [0.15, 0.2) is 47.8 Å². The number of hydrogen-bond donors (Lipinski definition) is 0. The first-order valence-corrected chi connectivity index (χ1v) is 10.7. The Balaban J connectivity index is 1.81. The molecule has 1 fully saturated rings. The summed E-state index contributed by atoms with van der Waals surface area (Å²) < 4.78 is 10.3. The quantitative estimate of drug-likeness (QED) is 0.619. The Hall–Kier alpha value is -2.22. The van der Waals surface area contributed by atoms with Gasteiger partial charge < -0.3 is 14.4 Å². The Bertz CT molecular complexity index is 786. The van der Waals surface area contributed by atoms with Gasteiger partial charge in [0.25, 0.3) is 5.91 Å². The van der Waals surface area contributed by atoms with Crippen molar-refractivity contribution in [3.63, 3.8) is 0 Å². The van der Waals surface area contributed by atoms with Gasteiger partial charge in [-0.1, -0.05) is 24.3 Å². The molecule has 0 bridgehead atoms. The minimum atomic E-state index is -1.02. The summed E-state index contributed by atoms with van der Waals surface area (Å²) in [5, 5.41) is 2.09. The molecule has 0 saturated carbocycles. The molecule has 1 aromatic carbocycles. The van der Waals surface area contributed by atoms with Crippen LogP contribution in [-0.2, 0) is 25.5 Å². The summed E-state index contributed by atoms with van der Waals surface area (Å²) in [6.07, 6.45) is 2.04. The first kappa shape index (κ1) is 21.5. The second kappa shape index (κ2) is 10.0. The SMILES string of the molecule is COCC(=O)N(c1ccccc1)C1(C(=O)OC)CCN(CCc2cccs2)CC1. The molecule has 3 rings (SSSR count). The van der Waals surface area contributed by atoms with Gasteiger partial charge >= 0.3 is 5.97 Å². The fourth-order valence-corrected chi connectivity index (χ4v) is 4.67. The van der Waals surface area contributed by atoms with Crippen molar-refractivity contribution in [2.75, 3.05) is 45.4 Å². The number of likely N-dealkylation sites (tertiary alicyclic amines) is 1. The third-order valence-electron chi connectivity index (χ3n) is 5.46. The summed E-state index contributed by atoms with van der Waals surface area (Å²) in [6, 6.07) is 13.5. The molecule has 0 atom stereocenters. The molecule has 0 unspecified atom stereocenters. The molecule has 29 heavy (non-hydrogen) atoms. The van der Waals surface area contributed by atoms with E-state index < -0.39 is 5.54 Å². The van der Waals surface area contributed by atoms with Crippen molar-refractivity contribution in [2.45, 2.75) is 24.8 Å². The van der Waals surface area contributed by atoms with Gasteiger partial charge in [0.15, 0.2) is 0 Å². The molecule has 2 aromatic rings. The Morgan fingerprint density at radius 1 is 1.10 bits per heavy atom. The van der Waals surface area contributed by atoms with E-state index in [0.717, 1.165) is 26.1 Å². The van der Waals surface area contributed by atoms with Crippen LogP contribution >= 0.6 is 11.3 Å². The number of hydrogen-bond acceptors (Lipinski definition) is 6. The maximum Gasteiger partial charge on any atom is 0.332 e. The molecule has 156 valence electrons. The van der Waals surface area contributed by atoms with Crippen LogP contribution in [0, 0.1) is 0 Å². The Labute approximate surface area is 176 Å². The Morgan fingerprint density at radius 3 is 2.41 bits per heavy atom. The van der Waals surface area contributed by atoms with Gasteiger partial charge in [0.2, 0.25) is 0 Å². The second-order valence-electron chi connectivity index (χ2n) is 7.19. The molecule has 1 aromatic heterocycles. The number of carbonyl (C=O) groups excluding carboxylic acids is 2. The van der Waals surface area contributed by atoms with Crippen LogP contribution in [-0.4, -0.2) is 62.8 Å². The van der Waals surface area contributed by atoms with Gasteiger partial charge in [0.05, 0.1) is 7.11 Å². The third kappa shape index (κ3) is 4.86. The number of carbonyl (C=O) groups is 2. The highest BCUT2D eigenvalue weighted by Gasteiger charge is 2.50. The number of nitrogens with zero attached hydrogens (tertiary/aromatic N) is 2. The topological polar surface area (TPSA) is 59.1 Å². The molecule has 0 spiro atoms. The lowest BCUT2D eigenvalue weighted by atomic mass is 9.84. The van der Waals surface area contributed by atoms with Crippen molar-refractivity contribution in [1.29, 1.82) is 0 Å². The van der Waals surface area contributed by atoms with Crippen molar-refractivity contribution < 1.29 is 19.1 Å². The zero-order valence-corrected chi connectivity index (χ0v) is 17.8. The highest BCUT2D eigenvalue weighted by Crippen LogP contribution is 2.35. The molecule has 0 N–H and O–H groups in total. The third-order valence-corrected chi connectivity index (χ3v) is 6.40. The summed E-state index contributed by atoms with van der Waals surface area (Å²) in [7, 11) is 2.87. The van der Waals surface area contributed by atoms with Gasteiger partial charge in [0, 0.05) is 37.3 Å².